The molecular formula is C32H35N5O7. The molecule has 0 saturated heterocycles. The third-order valence-corrected chi connectivity index (χ3v) is 7.28. The summed E-state index contributed by atoms with van der Waals surface area (Å²) in [6.45, 7) is 8.27. The molecule has 0 bridgehead atoms. The van der Waals surface area contributed by atoms with E-state index in [0.29, 0.717) is 31.0 Å². The number of nitrogens with two attached hydrogens (primary N) is 1. The number of esters is 2. The van der Waals surface area contributed by atoms with Crippen molar-refractivity contribution in [1.29, 1.82) is 0 Å². The molecule has 2 aliphatic rings. The first kappa shape index (κ1) is 30.5. The van der Waals surface area contributed by atoms with Crippen molar-refractivity contribution in [2.75, 3.05) is 13.9 Å². The second-order valence-electron chi connectivity index (χ2n) is 11.4. The largest absolute Gasteiger partial charge is 0.464 e. The van der Waals surface area contributed by atoms with Crippen LogP contribution in [0.3, 0.4) is 0 Å². The number of hydrogen-bond donors (Lipinski definition) is 2. The van der Waals surface area contributed by atoms with Crippen molar-refractivity contribution < 1.29 is 33.3 Å². The fourth-order valence-corrected chi connectivity index (χ4v) is 5.17. The summed E-state index contributed by atoms with van der Waals surface area (Å²) in [6.07, 6.45) is 2.92. The zero-order valence-corrected chi connectivity index (χ0v) is 25.3. The van der Waals surface area contributed by atoms with Crippen LogP contribution in [-0.2, 0) is 22.4 Å². The lowest BCUT2D eigenvalue weighted by molar-refractivity contribution is 0.00682. The minimum Gasteiger partial charge on any atom is -0.464 e. The van der Waals surface area contributed by atoms with Crippen LogP contribution in [0, 0.1) is 6.92 Å². The van der Waals surface area contributed by atoms with E-state index < -0.39 is 11.6 Å². The molecule has 12 nitrogen and oxygen atoms in total. The van der Waals surface area contributed by atoms with Gasteiger partial charge in [0.2, 0.25) is 6.79 Å². The van der Waals surface area contributed by atoms with Crippen LogP contribution < -0.4 is 20.5 Å². The van der Waals surface area contributed by atoms with Crippen molar-refractivity contribution in [3.63, 3.8) is 0 Å². The number of benzene rings is 2. The van der Waals surface area contributed by atoms with Crippen molar-refractivity contribution >= 4 is 23.5 Å². The second-order valence-corrected chi connectivity index (χ2v) is 11.4. The van der Waals surface area contributed by atoms with Gasteiger partial charge >= 0.3 is 11.9 Å². The third kappa shape index (κ3) is 6.35. The maximum Gasteiger partial charge on any atom is 0.356 e. The highest BCUT2D eigenvalue weighted by Gasteiger charge is 2.30. The number of ether oxygens (including phenoxy) is 4. The van der Waals surface area contributed by atoms with Gasteiger partial charge in [0, 0.05) is 18.7 Å². The van der Waals surface area contributed by atoms with E-state index in [1.807, 2.05) is 52.0 Å². The van der Waals surface area contributed by atoms with E-state index in [0.717, 1.165) is 40.2 Å². The quantitative estimate of drug-likeness (QED) is 0.320. The molecule has 0 radical (unpaired) electrons. The molecule has 2 aromatic heterocycles. The number of fused-ring (bicyclic) bond motifs is 3. The molecule has 1 aliphatic carbocycles. The van der Waals surface area contributed by atoms with Crippen LogP contribution in [0.1, 0.15) is 86.8 Å². The van der Waals surface area contributed by atoms with E-state index in [1.54, 1.807) is 12.1 Å². The van der Waals surface area contributed by atoms with Gasteiger partial charge in [-0.15, -0.1) is 0 Å². The Balaban J connectivity index is 0.000000291. The summed E-state index contributed by atoms with van der Waals surface area (Å²) in [5, 5.41) is 7.18. The highest BCUT2D eigenvalue weighted by molar-refractivity contribution is 5.97. The Morgan fingerprint density at radius 1 is 1.07 bits per heavy atom. The minimum absolute atomic E-state index is 0.0281. The number of aromatic nitrogens is 3. The van der Waals surface area contributed by atoms with Crippen molar-refractivity contribution in [3.8, 4) is 11.5 Å². The molecule has 0 fully saturated rings. The summed E-state index contributed by atoms with van der Waals surface area (Å²) in [6, 6.07) is 12.1. The van der Waals surface area contributed by atoms with Gasteiger partial charge in [0.25, 0.3) is 5.91 Å². The molecule has 44 heavy (non-hydrogen) atoms. The van der Waals surface area contributed by atoms with E-state index in [-0.39, 0.29) is 29.3 Å². The summed E-state index contributed by atoms with van der Waals surface area (Å²) in [4.78, 5) is 41.9. The Labute approximate surface area is 254 Å². The van der Waals surface area contributed by atoms with Gasteiger partial charge in [-0.1, -0.05) is 12.1 Å². The average Bonchev–Trinajstić information content (AvgIpc) is 3.75. The Morgan fingerprint density at radius 2 is 1.84 bits per heavy atom. The first-order chi connectivity index (χ1) is 21.0. The number of rotatable bonds is 5. The van der Waals surface area contributed by atoms with E-state index in [4.69, 9.17) is 24.7 Å². The molecule has 0 unspecified atom stereocenters. The Hall–Kier alpha value is -4.97. The smallest absolute Gasteiger partial charge is 0.356 e. The maximum absolute atomic E-state index is 13.2. The second kappa shape index (κ2) is 12.3. The lowest BCUT2D eigenvalue weighted by Gasteiger charge is -2.21. The maximum atomic E-state index is 13.2. The molecular weight excluding hydrogens is 566 g/mol. The van der Waals surface area contributed by atoms with Crippen LogP contribution in [0.25, 0.3) is 5.65 Å². The number of methoxy groups -OCH3 is 1. The summed E-state index contributed by atoms with van der Waals surface area (Å²) < 4.78 is 22.0. The molecule has 1 aliphatic heterocycles. The van der Waals surface area contributed by atoms with Gasteiger partial charge in [0.05, 0.1) is 24.9 Å². The van der Waals surface area contributed by atoms with E-state index in [9.17, 15) is 14.4 Å². The van der Waals surface area contributed by atoms with Crippen LogP contribution in [0.2, 0.25) is 0 Å². The van der Waals surface area contributed by atoms with Gasteiger partial charge in [-0.25, -0.2) is 19.1 Å². The monoisotopic (exact) mass is 601 g/mol. The predicted octanol–water partition coefficient (Wildman–Crippen LogP) is 4.07. The zero-order valence-electron chi connectivity index (χ0n) is 25.3. The predicted molar refractivity (Wildman–Crippen MR) is 160 cm³/mol. The normalized spacial score (nSPS) is 14.8. The van der Waals surface area contributed by atoms with Gasteiger partial charge in [-0.2, -0.15) is 5.10 Å². The van der Waals surface area contributed by atoms with Crippen LogP contribution in [0.4, 0.5) is 0 Å². The molecule has 2 aromatic carbocycles. The molecule has 1 amide bonds. The number of amides is 1. The number of nitrogens with one attached hydrogen (secondary N) is 1. The Morgan fingerprint density at radius 3 is 2.57 bits per heavy atom. The lowest BCUT2D eigenvalue weighted by Crippen LogP contribution is -2.29. The first-order valence-electron chi connectivity index (χ1n) is 14.2. The molecule has 0 saturated carbocycles. The molecule has 1 atom stereocenters. The molecule has 3 heterocycles. The summed E-state index contributed by atoms with van der Waals surface area (Å²) >= 11 is 0. The Bertz CT molecular complexity index is 1740. The fourth-order valence-electron chi connectivity index (χ4n) is 5.17. The standard InChI is InChI=1S/C24H26N4O5.C8H9NO2/c1-13-14-8-9-17(16(14)7-6-15(13)22(30)33-24(2,3)4)27-21(29)19-12-18(23(31)32-5)26-20-10-11-25-28(19)20;9-4-6-1-2-7-8(3-6)11-5-10-7/h6-7,10-12,17H,8-9H2,1-5H3,(H,27,29);1-3H,4-5,9H2/t17-;/m0./s1. The SMILES string of the molecule is COC(=O)c1cc(C(=O)N[C@H]2CCc3c2ccc(C(=O)OC(C)(C)C)c3C)n2nccc2n1.NCc1ccc2c(c1)OCO2. The molecule has 0 spiro atoms. The summed E-state index contributed by atoms with van der Waals surface area (Å²) in [5.41, 5.74) is 9.91. The topological polar surface area (TPSA) is 156 Å². The van der Waals surface area contributed by atoms with E-state index in [2.05, 4.69) is 15.4 Å². The van der Waals surface area contributed by atoms with Gasteiger partial charge < -0.3 is 30.0 Å². The number of carbonyl (C=O) groups excluding carboxylic acids is 3. The Kier molecular flexibility index (Phi) is 8.54. The minimum atomic E-state index is -0.635. The molecule has 6 rings (SSSR count). The lowest BCUT2D eigenvalue weighted by atomic mass is 9.97. The fraction of sp³-hybridized carbons (Fsp3) is 0.344. The highest BCUT2D eigenvalue weighted by atomic mass is 16.7. The van der Waals surface area contributed by atoms with Crippen LogP contribution in [-0.4, -0.2) is 51.9 Å². The van der Waals surface area contributed by atoms with Crippen molar-refractivity contribution in [2.45, 2.75) is 58.7 Å². The van der Waals surface area contributed by atoms with Crippen LogP contribution in [0.5, 0.6) is 11.5 Å². The summed E-state index contributed by atoms with van der Waals surface area (Å²) in [7, 11) is 1.26. The zero-order chi connectivity index (χ0) is 31.6. The van der Waals surface area contributed by atoms with Crippen molar-refractivity contribution in [2.24, 2.45) is 5.73 Å². The summed E-state index contributed by atoms with van der Waals surface area (Å²) in [5.74, 6) is 0.228. The molecule has 4 aromatic rings. The van der Waals surface area contributed by atoms with Crippen LogP contribution in [0.15, 0.2) is 48.7 Å². The van der Waals surface area contributed by atoms with E-state index in [1.165, 1.54) is 23.9 Å². The number of nitrogens with zero attached hydrogens (tertiary/aromatic N) is 3. The van der Waals surface area contributed by atoms with Gasteiger partial charge in [0.15, 0.2) is 22.8 Å². The van der Waals surface area contributed by atoms with Gasteiger partial charge in [-0.3, -0.25) is 4.79 Å². The first-order valence-corrected chi connectivity index (χ1v) is 14.2. The highest BCUT2D eigenvalue weighted by Crippen LogP contribution is 2.35. The van der Waals surface area contributed by atoms with Crippen molar-refractivity contribution in [1.82, 2.24) is 19.9 Å². The third-order valence-electron chi connectivity index (χ3n) is 7.28. The van der Waals surface area contributed by atoms with Crippen molar-refractivity contribution in [3.05, 3.63) is 87.9 Å². The number of carbonyl (C=O) groups is 3. The number of hydrogen-bond acceptors (Lipinski definition) is 10. The average molecular weight is 602 g/mol. The molecule has 12 heteroatoms. The van der Waals surface area contributed by atoms with Gasteiger partial charge in [-0.05, 0) is 81.0 Å². The van der Waals surface area contributed by atoms with E-state index >= 15 is 0 Å². The van der Waals surface area contributed by atoms with Crippen LogP contribution >= 0.6 is 0 Å². The molecule has 230 valence electrons. The van der Waals surface area contributed by atoms with Gasteiger partial charge in [0.1, 0.15) is 11.3 Å². The molecule has 3 N–H and O–H groups in total.